The number of carbonyl (C=O) groups excluding carboxylic acids is 1. The number of rotatable bonds is 8. The van der Waals surface area contributed by atoms with E-state index in [1.54, 1.807) is 36.3 Å². The molecule has 0 spiro atoms. The molecule has 0 aliphatic carbocycles. The van der Waals surface area contributed by atoms with Crippen LogP contribution in [0.25, 0.3) is 11.0 Å². The maximum Gasteiger partial charge on any atom is 0.295 e. The van der Waals surface area contributed by atoms with E-state index in [4.69, 9.17) is 18.6 Å². The van der Waals surface area contributed by atoms with Gasteiger partial charge in [0, 0.05) is 11.8 Å². The van der Waals surface area contributed by atoms with Crippen molar-refractivity contribution in [3.05, 3.63) is 93.3 Å². The number of benzene rings is 3. The summed E-state index contributed by atoms with van der Waals surface area (Å²) in [5.74, 6) is 1.42. The number of aryl methyl sites for hydroxylation is 1. The van der Waals surface area contributed by atoms with E-state index in [0.717, 1.165) is 12.0 Å². The molecule has 37 heavy (non-hydrogen) atoms. The van der Waals surface area contributed by atoms with Gasteiger partial charge < -0.3 is 18.6 Å². The Hall–Kier alpha value is -4.26. The fraction of sp³-hybridized carbons (Fsp3) is 0.267. The summed E-state index contributed by atoms with van der Waals surface area (Å²) in [4.78, 5) is 29.3. The van der Waals surface area contributed by atoms with Gasteiger partial charge in [0.15, 0.2) is 16.9 Å². The van der Waals surface area contributed by atoms with Gasteiger partial charge in [-0.25, -0.2) is 0 Å². The molecule has 5 rings (SSSR count). The standard InChI is InChI=1S/C30H29NO6/c1-5-14-36-24-13-11-19(16-25(24)35-6-2)27-26-28(32)22-15-18(3)10-12-23(22)37-29(26)30(33)31(27)20-8-7-9-21(17-20)34-4/h7-13,15-17,27H,5-6,14H2,1-4H3. The van der Waals surface area contributed by atoms with Crippen molar-refractivity contribution in [3.63, 3.8) is 0 Å². The number of ether oxygens (including phenoxy) is 3. The van der Waals surface area contributed by atoms with Crippen LogP contribution < -0.4 is 24.5 Å². The summed E-state index contributed by atoms with van der Waals surface area (Å²) in [6.07, 6.45) is 0.856. The number of methoxy groups -OCH3 is 1. The molecule has 1 aromatic heterocycles. The summed E-state index contributed by atoms with van der Waals surface area (Å²) in [6, 6.07) is 17.4. The first-order valence-electron chi connectivity index (χ1n) is 12.4. The Labute approximate surface area is 215 Å². The molecule has 1 aliphatic heterocycles. The Morgan fingerprint density at radius 3 is 2.54 bits per heavy atom. The molecule has 3 aromatic carbocycles. The molecule has 1 unspecified atom stereocenters. The highest BCUT2D eigenvalue weighted by Crippen LogP contribution is 2.44. The van der Waals surface area contributed by atoms with Crippen molar-refractivity contribution in [2.75, 3.05) is 25.2 Å². The minimum atomic E-state index is -0.727. The Kier molecular flexibility index (Phi) is 6.61. The van der Waals surface area contributed by atoms with Gasteiger partial charge in [0.05, 0.1) is 37.3 Å². The van der Waals surface area contributed by atoms with Crippen LogP contribution in [0.1, 0.15) is 53.6 Å². The quantitative estimate of drug-likeness (QED) is 0.294. The molecular weight excluding hydrogens is 470 g/mol. The third-order valence-corrected chi connectivity index (χ3v) is 6.40. The van der Waals surface area contributed by atoms with Crippen LogP contribution in [0, 0.1) is 6.92 Å². The molecule has 1 aliphatic rings. The molecule has 7 nitrogen and oxygen atoms in total. The van der Waals surface area contributed by atoms with Crippen molar-refractivity contribution in [2.24, 2.45) is 0 Å². The van der Waals surface area contributed by atoms with Crippen LogP contribution in [0.2, 0.25) is 0 Å². The van der Waals surface area contributed by atoms with Gasteiger partial charge in [-0.3, -0.25) is 14.5 Å². The lowest BCUT2D eigenvalue weighted by atomic mass is 9.97. The molecule has 0 saturated heterocycles. The molecule has 0 bridgehead atoms. The maximum absolute atomic E-state index is 13.9. The number of hydrogen-bond donors (Lipinski definition) is 0. The summed E-state index contributed by atoms with van der Waals surface area (Å²) < 4.78 is 23.3. The molecule has 0 saturated carbocycles. The third kappa shape index (κ3) is 4.31. The first-order valence-corrected chi connectivity index (χ1v) is 12.4. The van der Waals surface area contributed by atoms with Gasteiger partial charge in [0.2, 0.25) is 5.76 Å². The van der Waals surface area contributed by atoms with Gasteiger partial charge in [-0.2, -0.15) is 0 Å². The van der Waals surface area contributed by atoms with Crippen LogP contribution in [0.4, 0.5) is 5.69 Å². The number of anilines is 1. The summed E-state index contributed by atoms with van der Waals surface area (Å²) in [5.41, 5.74) is 2.68. The van der Waals surface area contributed by atoms with Crippen molar-refractivity contribution in [2.45, 2.75) is 33.2 Å². The molecule has 0 fully saturated rings. The summed E-state index contributed by atoms with van der Waals surface area (Å²) in [5, 5.41) is 0.442. The largest absolute Gasteiger partial charge is 0.497 e. The van der Waals surface area contributed by atoms with Crippen LogP contribution in [0.15, 0.2) is 69.9 Å². The fourth-order valence-corrected chi connectivity index (χ4v) is 4.72. The van der Waals surface area contributed by atoms with Crippen LogP contribution in [0.3, 0.4) is 0 Å². The number of carbonyl (C=O) groups is 1. The zero-order chi connectivity index (χ0) is 26.1. The van der Waals surface area contributed by atoms with E-state index < -0.39 is 11.9 Å². The normalized spacial score (nSPS) is 14.6. The van der Waals surface area contributed by atoms with Crippen LogP contribution in [-0.4, -0.2) is 26.2 Å². The van der Waals surface area contributed by atoms with Gasteiger partial charge in [0.1, 0.15) is 11.3 Å². The highest BCUT2D eigenvalue weighted by molar-refractivity contribution is 6.10. The predicted molar refractivity (Wildman–Crippen MR) is 142 cm³/mol. The predicted octanol–water partition coefficient (Wildman–Crippen LogP) is 6.05. The van der Waals surface area contributed by atoms with Crippen molar-refractivity contribution in [1.82, 2.24) is 0 Å². The second-order valence-electron chi connectivity index (χ2n) is 8.94. The lowest BCUT2D eigenvalue weighted by molar-refractivity contribution is 0.0971. The van der Waals surface area contributed by atoms with E-state index in [9.17, 15) is 9.59 Å². The Bertz CT molecular complexity index is 1540. The van der Waals surface area contributed by atoms with Crippen LogP contribution in [-0.2, 0) is 0 Å². The van der Waals surface area contributed by atoms with E-state index in [2.05, 4.69) is 0 Å². The Morgan fingerprint density at radius 2 is 1.78 bits per heavy atom. The topological polar surface area (TPSA) is 78.2 Å². The maximum atomic E-state index is 13.9. The lowest BCUT2D eigenvalue weighted by Crippen LogP contribution is -2.29. The highest BCUT2D eigenvalue weighted by Gasteiger charge is 2.44. The molecule has 2 heterocycles. The third-order valence-electron chi connectivity index (χ3n) is 6.40. The summed E-state index contributed by atoms with van der Waals surface area (Å²) in [7, 11) is 1.57. The van der Waals surface area contributed by atoms with E-state index in [1.165, 1.54) is 0 Å². The van der Waals surface area contributed by atoms with E-state index >= 15 is 0 Å². The molecule has 1 atom stereocenters. The Morgan fingerprint density at radius 1 is 0.946 bits per heavy atom. The lowest BCUT2D eigenvalue weighted by Gasteiger charge is -2.26. The zero-order valence-corrected chi connectivity index (χ0v) is 21.4. The van der Waals surface area contributed by atoms with Crippen molar-refractivity contribution >= 4 is 22.6 Å². The number of amides is 1. The van der Waals surface area contributed by atoms with E-state index in [-0.39, 0.29) is 11.2 Å². The van der Waals surface area contributed by atoms with Crippen molar-refractivity contribution < 1.29 is 23.4 Å². The summed E-state index contributed by atoms with van der Waals surface area (Å²) >= 11 is 0. The second-order valence-corrected chi connectivity index (χ2v) is 8.94. The second kappa shape index (κ2) is 10.0. The number of hydrogen-bond acceptors (Lipinski definition) is 6. The molecule has 4 aromatic rings. The molecule has 190 valence electrons. The molecule has 0 N–H and O–H groups in total. The Balaban J connectivity index is 1.76. The van der Waals surface area contributed by atoms with Gasteiger partial charge >= 0.3 is 0 Å². The monoisotopic (exact) mass is 499 g/mol. The SMILES string of the molecule is CCCOc1ccc(C2c3c(oc4ccc(C)cc4c3=O)C(=O)N2c2cccc(OC)c2)cc1OCC. The highest BCUT2D eigenvalue weighted by atomic mass is 16.5. The van der Waals surface area contributed by atoms with Gasteiger partial charge in [-0.15, -0.1) is 0 Å². The van der Waals surface area contributed by atoms with E-state index in [1.807, 2.05) is 57.2 Å². The van der Waals surface area contributed by atoms with Gasteiger partial charge in [0.25, 0.3) is 5.91 Å². The zero-order valence-electron chi connectivity index (χ0n) is 21.4. The van der Waals surface area contributed by atoms with Crippen molar-refractivity contribution in [3.8, 4) is 17.2 Å². The number of fused-ring (bicyclic) bond motifs is 2. The van der Waals surface area contributed by atoms with Crippen molar-refractivity contribution in [1.29, 1.82) is 0 Å². The van der Waals surface area contributed by atoms with E-state index in [0.29, 0.717) is 58.2 Å². The smallest absolute Gasteiger partial charge is 0.295 e. The van der Waals surface area contributed by atoms with Crippen LogP contribution >= 0.6 is 0 Å². The fourth-order valence-electron chi connectivity index (χ4n) is 4.72. The minimum Gasteiger partial charge on any atom is -0.497 e. The average Bonchev–Trinajstić information content (AvgIpc) is 3.21. The summed E-state index contributed by atoms with van der Waals surface area (Å²) in [6.45, 7) is 6.84. The minimum absolute atomic E-state index is 0.0402. The number of nitrogens with zero attached hydrogens (tertiary/aromatic N) is 1. The van der Waals surface area contributed by atoms with Crippen LogP contribution in [0.5, 0.6) is 17.2 Å². The first kappa shape index (κ1) is 24.4. The van der Waals surface area contributed by atoms with Gasteiger partial charge in [-0.05, 0) is 62.2 Å². The first-order chi connectivity index (χ1) is 18.0. The average molecular weight is 500 g/mol. The molecule has 7 heteroatoms. The molecule has 0 radical (unpaired) electrons. The van der Waals surface area contributed by atoms with Gasteiger partial charge in [-0.1, -0.05) is 30.7 Å². The molecular formula is C30H29NO6. The molecule has 1 amide bonds.